The van der Waals surface area contributed by atoms with E-state index in [0.717, 1.165) is 79.2 Å². The maximum Gasteiger partial charge on any atom is 0.420 e. The fourth-order valence-electron chi connectivity index (χ4n) is 4.35. The maximum absolute atomic E-state index is 12.3. The topological polar surface area (TPSA) is 81.8 Å². The van der Waals surface area contributed by atoms with Crippen LogP contribution < -0.4 is 15.8 Å². The summed E-state index contributed by atoms with van der Waals surface area (Å²) in [4.78, 5) is 19.2. The van der Waals surface area contributed by atoms with Gasteiger partial charge >= 0.3 is 5.76 Å². The molecule has 0 radical (unpaired) electrons. The van der Waals surface area contributed by atoms with Gasteiger partial charge in [0.05, 0.1) is 30.8 Å². The first kappa shape index (κ1) is 22.4. The number of rotatable bonds is 9. The predicted octanol–water partition coefficient (Wildman–Crippen LogP) is 3.66. The molecule has 3 heterocycles. The molecule has 2 aromatic heterocycles. The highest BCUT2D eigenvalue weighted by Crippen LogP contribution is 2.26. The number of anilines is 1. The summed E-state index contributed by atoms with van der Waals surface area (Å²) in [5, 5.41) is 4.44. The van der Waals surface area contributed by atoms with Gasteiger partial charge in [0.25, 0.3) is 0 Å². The number of hydrogen-bond donors (Lipinski definition) is 1. The summed E-state index contributed by atoms with van der Waals surface area (Å²) < 4.78 is 18.4. The Morgan fingerprint density at radius 2 is 1.97 bits per heavy atom. The van der Waals surface area contributed by atoms with Gasteiger partial charge in [0.15, 0.2) is 5.58 Å². The third-order valence-corrected chi connectivity index (χ3v) is 6.18. The van der Waals surface area contributed by atoms with Crippen LogP contribution in [0.3, 0.4) is 0 Å². The number of nitrogens with zero attached hydrogens (tertiary/aromatic N) is 3. The number of oxazole rings is 1. The smallest absolute Gasteiger partial charge is 0.420 e. The van der Waals surface area contributed by atoms with Crippen LogP contribution in [-0.2, 0) is 11.3 Å². The van der Waals surface area contributed by atoms with Gasteiger partial charge in [-0.25, -0.2) is 4.79 Å². The predicted molar refractivity (Wildman–Crippen MR) is 133 cm³/mol. The van der Waals surface area contributed by atoms with E-state index in [9.17, 15) is 4.79 Å². The van der Waals surface area contributed by atoms with Crippen LogP contribution >= 0.6 is 0 Å². The second kappa shape index (κ2) is 10.3. The van der Waals surface area contributed by atoms with Gasteiger partial charge in [-0.15, -0.1) is 0 Å². The first-order chi connectivity index (χ1) is 16.7. The SMILES string of the molecule is Cc1ccc2c(c1)oc(=O)n2CCOc1ccnc2cc(NCCCN3CCOCC3)ccc12. The molecule has 0 saturated carbocycles. The largest absolute Gasteiger partial charge is 0.491 e. The molecular weight excluding hydrogens is 432 g/mol. The van der Waals surface area contributed by atoms with E-state index >= 15 is 0 Å². The van der Waals surface area contributed by atoms with E-state index in [1.165, 1.54) is 0 Å². The Labute approximate surface area is 198 Å². The third-order valence-electron chi connectivity index (χ3n) is 6.18. The Morgan fingerprint density at radius 3 is 2.85 bits per heavy atom. The van der Waals surface area contributed by atoms with Crippen molar-refractivity contribution in [1.29, 1.82) is 0 Å². The lowest BCUT2D eigenvalue weighted by molar-refractivity contribution is 0.0378. The monoisotopic (exact) mass is 462 g/mol. The Bertz CT molecular complexity index is 1320. The van der Waals surface area contributed by atoms with Gasteiger partial charge in [-0.3, -0.25) is 14.5 Å². The van der Waals surface area contributed by atoms with E-state index < -0.39 is 0 Å². The summed E-state index contributed by atoms with van der Waals surface area (Å²) in [5.74, 6) is 0.383. The Hall–Kier alpha value is -3.36. The zero-order valence-corrected chi connectivity index (χ0v) is 19.5. The number of fused-ring (bicyclic) bond motifs is 2. The lowest BCUT2D eigenvalue weighted by Gasteiger charge is -2.26. The lowest BCUT2D eigenvalue weighted by Crippen LogP contribution is -2.37. The second-order valence-electron chi connectivity index (χ2n) is 8.61. The van der Waals surface area contributed by atoms with Gasteiger partial charge in [0.1, 0.15) is 12.4 Å². The van der Waals surface area contributed by atoms with Crippen molar-refractivity contribution in [2.75, 3.05) is 51.3 Å². The van der Waals surface area contributed by atoms with Gasteiger partial charge < -0.3 is 19.2 Å². The maximum atomic E-state index is 12.3. The molecule has 0 bridgehead atoms. The van der Waals surface area contributed by atoms with E-state index in [-0.39, 0.29) is 5.76 Å². The molecule has 34 heavy (non-hydrogen) atoms. The molecule has 8 heteroatoms. The zero-order valence-electron chi connectivity index (χ0n) is 19.5. The van der Waals surface area contributed by atoms with Crippen molar-refractivity contribution in [3.63, 3.8) is 0 Å². The van der Waals surface area contributed by atoms with Crippen LogP contribution in [0.2, 0.25) is 0 Å². The number of morpholine rings is 1. The van der Waals surface area contributed by atoms with Crippen molar-refractivity contribution >= 4 is 27.7 Å². The zero-order chi connectivity index (χ0) is 23.3. The minimum atomic E-state index is -0.367. The fourth-order valence-corrected chi connectivity index (χ4v) is 4.35. The highest BCUT2D eigenvalue weighted by molar-refractivity contribution is 5.87. The van der Waals surface area contributed by atoms with Gasteiger partial charge in [-0.2, -0.15) is 0 Å². The third kappa shape index (κ3) is 5.08. The average molecular weight is 463 g/mol. The number of aryl methyl sites for hydroxylation is 1. The molecule has 8 nitrogen and oxygen atoms in total. The van der Waals surface area contributed by atoms with Crippen LogP contribution in [0.5, 0.6) is 5.75 Å². The van der Waals surface area contributed by atoms with Crippen molar-refractivity contribution in [2.24, 2.45) is 0 Å². The number of nitrogens with one attached hydrogen (secondary N) is 1. The molecule has 1 fully saturated rings. The quantitative estimate of drug-likeness (QED) is 0.380. The van der Waals surface area contributed by atoms with Crippen LogP contribution in [0, 0.1) is 6.92 Å². The fraction of sp³-hybridized carbons (Fsp3) is 0.385. The molecule has 0 unspecified atom stereocenters. The molecule has 1 aliphatic rings. The second-order valence-corrected chi connectivity index (χ2v) is 8.61. The van der Waals surface area contributed by atoms with Crippen molar-refractivity contribution in [1.82, 2.24) is 14.5 Å². The number of ether oxygens (including phenoxy) is 2. The van der Waals surface area contributed by atoms with Gasteiger partial charge in [0, 0.05) is 36.9 Å². The molecule has 178 valence electrons. The van der Waals surface area contributed by atoms with E-state index in [4.69, 9.17) is 13.9 Å². The minimum Gasteiger partial charge on any atom is -0.491 e. The first-order valence-electron chi connectivity index (χ1n) is 11.8. The van der Waals surface area contributed by atoms with E-state index in [1.54, 1.807) is 10.8 Å². The van der Waals surface area contributed by atoms with E-state index in [1.807, 2.05) is 43.3 Å². The molecule has 4 aromatic rings. The Kier molecular flexibility index (Phi) is 6.78. The number of pyridine rings is 1. The number of hydrogen-bond acceptors (Lipinski definition) is 7. The highest BCUT2D eigenvalue weighted by atomic mass is 16.5. The van der Waals surface area contributed by atoms with Gasteiger partial charge in [-0.1, -0.05) is 6.07 Å². The van der Waals surface area contributed by atoms with Crippen LogP contribution in [0.4, 0.5) is 5.69 Å². The molecule has 1 saturated heterocycles. The van der Waals surface area contributed by atoms with Crippen molar-refractivity contribution in [2.45, 2.75) is 19.9 Å². The van der Waals surface area contributed by atoms with E-state index in [0.29, 0.717) is 18.7 Å². The lowest BCUT2D eigenvalue weighted by atomic mass is 10.2. The van der Waals surface area contributed by atoms with E-state index in [2.05, 4.69) is 21.3 Å². The normalized spacial score (nSPS) is 14.6. The summed E-state index contributed by atoms with van der Waals surface area (Å²) in [6.45, 7) is 8.43. The van der Waals surface area contributed by atoms with Crippen LogP contribution in [-0.4, -0.2) is 60.5 Å². The van der Waals surface area contributed by atoms with Gasteiger partial charge in [0.2, 0.25) is 0 Å². The molecular formula is C26H30N4O4. The molecule has 0 amide bonds. The summed E-state index contributed by atoms with van der Waals surface area (Å²) >= 11 is 0. The summed E-state index contributed by atoms with van der Waals surface area (Å²) in [5.41, 5.74) is 4.36. The molecule has 1 N–H and O–H groups in total. The minimum absolute atomic E-state index is 0.350. The number of aromatic nitrogens is 2. The molecule has 0 atom stereocenters. The highest BCUT2D eigenvalue weighted by Gasteiger charge is 2.11. The number of benzene rings is 2. The first-order valence-corrected chi connectivity index (χ1v) is 11.8. The van der Waals surface area contributed by atoms with Crippen LogP contribution in [0.15, 0.2) is 57.9 Å². The summed E-state index contributed by atoms with van der Waals surface area (Å²) in [7, 11) is 0. The molecule has 1 aliphatic heterocycles. The molecule has 0 spiro atoms. The molecule has 0 aliphatic carbocycles. The van der Waals surface area contributed by atoms with Crippen LogP contribution in [0.25, 0.3) is 22.0 Å². The molecule has 2 aromatic carbocycles. The Morgan fingerprint density at radius 1 is 1.09 bits per heavy atom. The standard InChI is InChI=1S/C26H30N4O4/c1-19-3-6-23-25(17-19)34-26(31)30(23)13-16-33-24-7-9-28-22-18-20(4-5-21(22)24)27-8-2-10-29-11-14-32-15-12-29/h3-7,9,17-18,27H,2,8,10-16H2,1H3. The summed E-state index contributed by atoms with van der Waals surface area (Å²) in [6, 6.07) is 13.8. The van der Waals surface area contributed by atoms with Crippen molar-refractivity contribution in [3.8, 4) is 5.75 Å². The van der Waals surface area contributed by atoms with Gasteiger partial charge in [-0.05, 0) is 61.9 Å². The summed E-state index contributed by atoms with van der Waals surface area (Å²) in [6.07, 6.45) is 2.83. The van der Waals surface area contributed by atoms with Crippen LogP contribution in [0.1, 0.15) is 12.0 Å². The average Bonchev–Trinajstić information content (AvgIpc) is 3.16. The van der Waals surface area contributed by atoms with Crippen molar-refractivity contribution < 1.29 is 13.9 Å². The van der Waals surface area contributed by atoms with Crippen molar-refractivity contribution in [3.05, 3.63) is 64.8 Å². The Balaban J connectivity index is 1.19. The molecule has 5 rings (SSSR count).